The molecule has 0 nitrogen and oxygen atoms in total. The van der Waals surface area contributed by atoms with E-state index in [9.17, 15) is 0 Å². The molecular weight excluding hydrogens is 120 g/mol. The second-order valence-corrected chi connectivity index (χ2v) is 2.49. The summed E-state index contributed by atoms with van der Waals surface area (Å²) < 4.78 is 0. The molecule has 0 fully saturated rings. The minimum absolute atomic E-state index is 1.11. The van der Waals surface area contributed by atoms with E-state index in [1.54, 1.807) is 0 Å². The van der Waals surface area contributed by atoms with Crippen LogP contribution in [0.4, 0.5) is 0 Å². The fourth-order valence-corrected chi connectivity index (χ4v) is 1.02. The van der Waals surface area contributed by atoms with Gasteiger partial charge in [0, 0.05) is 0 Å². The van der Waals surface area contributed by atoms with Gasteiger partial charge in [0.25, 0.3) is 0 Å². The van der Waals surface area contributed by atoms with E-state index >= 15 is 0 Å². The quantitative estimate of drug-likeness (QED) is 0.497. The van der Waals surface area contributed by atoms with Crippen molar-refractivity contribution < 1.29 is 0 Å². The zero-order chi connectivity index (χ0) is 7.56. The molecule has 0 N–H and O–H groups in total. The van der Waals surface area contributed by atoms with E-state index < -0.39 is 0 Å². The van der Waals surface area contributed by atoms with Crippen molar-refractivity contribution in [2.45, 2.75) is 13.8 Å². The van der Waals surface area contributed by atoms with Crippen molar-refractivity contribution in [2.75, 3.05) is 0 Å². The summed E-state index contributed by atoms with van der Waals surface area (Å²) in [5.41, 5.74) is 1.27. The minimum Gasteiger partial charge on any atom is -0.0912 e. The average molecular weight is 132 g/mol. The van der Waals surface area contributed by atoms with Crippen LogP contribution in [0.3, 0.4) is 0 Å². The van der Waals surface area contributed by atoms with Crippen molar-refractivity contribution in [3.05, 3.63) is 34.2 Å². The molecule has 0 heteroatoms. The third kappa shape index (κ3) is 1.27. The van der Waals surface area contributed by atoms with Crippen LogP contribution in [0.2, 0.25) is 0 Å². The predicted octanol–water partition coefficient (Wildman–Crippen LogP) is 1.21. The van der Waals surface area contributed by atoms with Crippen molar-refractivity contribution in [1.82, 2.24) is 0 Å². The Kier molecular flexibility index (Phi) is 1.91. The number of hydrogen-bond acceptors (Lipinski definition) is 0. The molecule has 0 saturated heterocycles. The Morgan fingerprint density at radius 1 is 1.40 bits per heavy atom. The highest BCUT2D eigenvalue weighted by Crippen LogP contribution is 1.84. The van der Waals surface area contributed by atoms with E-state index in [4.69, 9.17) is 0 Å². The van der Waals surface area contributed by atoms with Crippen LogP contribution >= 0.6 is 0 Å². The summed E-state index contributed by atoms with van der Waals surface area (Å²) in [5, 5.41) is 2.34. The molecule has 0 unspecified atom stereocenters. The molecule has 10 heavy (non-hydrogen) atoms. The molecule has 0 atom stereocenters. The van der Waals surface area contributed by atoms with Gasteiger partial charge in [0.2, 0.25) is 0 Å². The van der Waals surface area contributed by atoms with Gasteiger partial charge < -0.3 is 0 Å². The third-order valence-electron chi connectivity index (χ3n) is 1.61. The van der Waals surface area contributed by atoms with E-state index in [-0.39, 0.29) is 0 Å². The first-order chi connectivity index (χ1) is 4.74. The summed E-state index contributed by atoms with van der Waals surface area (Å²) in [7, 11) is 0. The SMILES string of the molecule is C=c1cc(C)cc/c1=C/C. The smallest absolute Gasteiger partial charge is 0.0233 e. The first-order valence-electron chi connectivity index (χ1n) is 3.46. The molecule has 0 aliphatic heterocycles. The lowest BCUT2D eigenvalue weighted by Gasteiger charge is -1.90. The van der Waals surface area contributed by atoms with Crippen LogP contribution in [0.15, 0.2) is 18.2 Å². The summed E-state index contributed by atoms with van der Waals surface area (Å²) in [4.78, 5) is 0. The van der Waals surface area contributed by atoms with Gasteiger partial charge in [-0.3, -0.25) is 0 Å². The molecule has 0 saturated carbocycles. The van der Waals surface area contributed by atoms with Crippen molar-refractivity contribution in [3.8, 4) is 0 Å². The minimum atomic E-state index is 1.11. The predicted molar refractivity (Wildman–Crippen MR) is 46.1 cm³/mol. The van der Waals surface area contributed by atoms with Crippen molar-refractivity contribution >= 4 is 12.7 Å². The molecule has 52 valence electrons. The van der Waals surface area contributed by atoms with E-state index in [0.717, 1.165) is 5.22 Å². The number of aryl methyl sites for hydroxylation is 1. The number of hydrogen-bond donors (Lipinski definition) is 0. The van der Waals surface area contributed by atoms with Gasteiger partial charge in [-0.1, -0.05) is 36.4 Å². The molecule has 0 radical (unpaired) electrons. The molecule has 0 amide bonds. The Bertz CT molecular complexity index is 320. The maximum absolute atomic E-state index is 3.92. The molecular formula is C10H12. The van der Waals surface area contributed by atoms with Crippen molar-refractivity contribution in [3.63, 3.8) is 0 Å². The molecule has 1 rings (SSSR count). The van der Waals surface area contributed by atoms with E-state index in [1.165, 1.54) is 10.8 Å². The van der Waals surface area contributed by atoms with Crippen LogP contribution in [0.25, 0.3) is 12.7 Å². The van der Waals surface area contributed by atoms with Crippen LogP contribution < -0.4 is 10.4 Å². The van der Waals surface area contributed by atoms with Crippen LogP contribution in [-0.4, -0.2) is 0 Å². The first kappa shape index (κ1) is 7.07. The molecule has 1 aromatic rings. The monoisotopic (exact) mass is 132 g/mol. The van der Waals surface area contributed by atoms with Gasteiger partial charge in [-0.2, -0.15) is 0 Å². The van der Waals surface area contributed by atoms with Crippen molar-refractivity contribution in [1.29, 1.82) is 0 Å². The fraction of sp³-hybridized carbons (Fsp3) is 0.200. The molecule has 0 spiro atoms. The summed E-state index contributed by atoms with van der Waals surface area (Å²) >= 11 is 0. The summed E-state index contributed by atoms with van der Waals surface area (Å²) in [5.74, 6) is 0. The second kappa shape index (κ2) is 2.70. The van der Waals surface area contributed by atoms with Gasteiger partial charge in [0.1, 0.15) is 0 Å². The summed E-state index contributed by atoms with van der Waals surface area (Å²) in [6.45, 7) is 8.03. The maximum atomic E-state index is 3.92. The number of rotatable bonds is 0. The lowest BCUT2D eigenvalue weighted by molar-refractivity contribution is 1.40. The van der Waals surface area contributed by atoms with E-state index in [0.29, 0.717) is 0 Å². The van der Waals surface area contributed by atoms with Gasteiger partial charge in [0.15, 0.2) is 0 Å². The molecule has 0 bridgehead atoms. The number of benzene rings is 1. The Morgan fingerprint density at radius 3 is 2.60 bits per heavy atom. The summed E-state index contributed by atoms with van der Waals surface area (Å²) in [6.07, 6.45) is 2.07. The standard InChI is InChI=1S/C10H12/c1-4-10-6-5-8(2)7-9(10)3/h4-7H,3H2,1-2H3/b10-4-. The van der Waals surface area contributed by atoms with Crippen LogP contribution in [0.5, 0.6) is 0 Å². The largest absolute Gasteiger partial charge is 0.0912 e. The maximum Gasteiger partial charge on any atom is -0.0233 e. The first-order valence-corrected chi connectivity index (χ1v) is 3.46. The van der Waals surface area contributed by atoms with E-state index in [2.05, 4.69) is 37.8 Å². The third-order valence-corrected chi connectivity index (χ3v) is 1.61. The zero-order valence-corrected chi connectivity index (χ0v) is 6.52. The van der Waals surface area contributed by atoms with Crippen molar-refractivity contribution in [2.24, 2.45) is 0 Å². The lowest BCUT2D eigenvalue weighted by atomic mass is 10.2. The normalized spacial score (nSPS) is 12.0. The highest BCUT2D eigenvalue weighted by Gasteiger charge is 1.81. The van der Waals surface area contributed by atoms with Gasteiger partial charge in [-0.05, 0) is 24.3 Å². The van der Waals surface area contributed by atoms with Gasteiger partial charge in [-0.25, -0.2) is 0 Å². The van der Waals surface area contributed by atoms with Gasteiger partial charge >= 0.3 is 0 Å². The zero-order valence-electron chi connectivity index (χ0n) is 6.52. The van der Waals surface area contributed by atoms with E-state index in [1.807, 2.05) is 6.92 Å². The average Bonchev–Trinajstić information content (AvgIpc) is 1.88. The van der Waals surface area contributed by atoms with Gasteiger partial charge in [-0.15, -0.1) is 0 Å². The molecule has 0 aliphatic rings. The Labute approximate surface area is 61.5 Å². The topological polar surface area (TPSA) is 0 Å². The molecule has 0 heterocycles. The van der Waals surface area contributed by atoms with Crippen LogP contribution in [0.1, 0.15) is 12.5 Å². The Balaban J connectivity index is 3.50. The highest BCUT2D eigenvalue weighted by atomic mass is 13.9. The fourth-order valence-electron chi connectivity index (χ4n) is 1.02. The van der Waals surface area contributed by atoms with Gasteiger partial charge in [0.05, 0.1) is 0 Å². The molecule has 1 aromatic carbocycles. The molecule has 0 aliphatic carbocycles. The Morgan fingerprint density at radius 2 is 2.10 bits per heavy atom. The van der Waals surface area contributed by atoms with Crippen LogP contribution in [0, 0.1) is 6.92 Å². The second-order valence-electron chi connectivity index (χ2n) is 2.49. The Hall–Kier alpha value is -1.04. The lowest BCUT2D eigenvalue weighted by Crippen LogP contribution is -2.21. The highest BCUT2D eigenvalue weighted by molar-refractivity contribution is 5.27. The summed E-state index contributed by atoms with van der Waals surface area (Å²) in [6, 6.07) is 6.29. The molecule has 0 aromatic heterocycles. The van der Waals surface area contributed by atoms with Crippen LogP contribution in [-0.2, 0) is 0 Å².